The van der Waals surface area contributed by atoms with Crippen molar-refractivity contribution in [2.75, 3.05) is 11.9 Å². The number of hydrogen-bond acceptors (Lipinski definition) is 3. The van der Waals surface area contributed by atoms with Crippen LogP contribution in [0.1, 0.15) is 25.8 Å². The van der Waals surface area contributed by atoms with Gasteiger partial charge in [-0.25, -0.2) is 4.52 Å². The average Bonchev–Trinajstić information content (AvgIpc) is 2.67. The Balaban J connectivity index is 2.13. The van der Waals surface area contributed by atoms with E-state index < -0.39 is 0 Å². The summed E-state index contributed by atoms with van der Waals surface area (Å²) in [5.74, 6) is 1.36. The Morgan fingerprint density at radius 2 is 2.25 bits per heavy atom. The standard InChI is InChI=1S/C12H18N4/c1-4-9(2)7-13-12-14-11-6-5-10(3)8-16(11)15-12/h5-6,8-9H,4,7H2,1-3H3,(H,13,15). The second-order valence-electron chi connectivity index (χ2n) is 4.34. The monoisotopic (exact) mass is 218 g/mol. The highest BCUT2D eigenvalue weighted by Crippen LogP contribution is 2.08. The molecule has 1 unspecified atom stereocenters. The molecular formula is C12H18N4. The SMILES string of the molecule is CCC(C)CNc1nc2ccc(C)cn2n1. The maximum atomic E-state index is 4.40. The Morgan fingerprint density at radius 3 is 3.00 bits per heavy atom. The summed E-state index contributed by atoms with van der Waals surface area (Å²) in [6.07, 6.45) is 3.15. The molecule has 0 aliphatic carbocycles. The van der Waals surface area contributed by atoms with Crippen molar-refractivity contribution in [1.82, 2.24) is 14.6 Å². The predicted octanol–water partition coefficient (Wildman–Crippen LogP) is 2.50. The third kappa shape index (κ3) is 2.32. The van der Waals surface area contributed by atoms with E-state index in [0.717, 1.165) is 12.2 Å². The van der Waals surface area contributed by atoms with Crippen LogP contribution >= 0.6 is 0 Å². The number of rotatable bonds is 4. The van der Waals surface area contributed by atoms with Crippen LogP contribution in [0, 0.1) is 12.8 Å². The van der Waals surface area contributed by atoms with E-state index >= 15 is 0 Å². The predicted molar refractivity (Wildman–Crippen MR) is 65.7 cm³/mol. The van der Waals surface area contributed by atoms with Crippen molar-refractivity contribution in [3.63, 3.8) is 0 Å². The zero-order valence-electron chi connectivity index (χ0n) is 10.1. The Bertz CT molecular complexity index is 475. The lowest BCUT2D eigenvalue weighted by Crippen LogP contribution is -2.11. The normalized spacial score (nSPS) is 12.9. The highest BCUT2D eigenvalue weighted by Gasteiger charge is 2.04. The molecule has 0 bridgehead atoms. The maximum absolute atomic E-state index is 4.40. The van der Waals surface area contributed by atoms with E-state index in [1.807, 2.05) is 29.8 Å². The van der Waals surface area contributed by atoms with Crippen LogP contribution in [-0.2, 0) is 0 Å². The summed E-state index contributed by atoms with van der Waals surface area (Å²) in [5, 5.41) is 7.64. The van der Waals surface area contributed by atoms with Gasteiger partial charge in [0.2, 0.25) is 5.95 Å². The number of anilines is 1. The second-order valence-corrected chi connectivity index (χ2v) is 4.34. The lowest BCUT2D eigenvalue weighted by Gasteiger charge is -2.07. The first-order valence-electron chi connectivity index (χ1n) is 5.76. The lowest BCUT2D eigenvalue weighted by molar-refractivity contribution is 0.591. The molecule has 2 heterocycles. The molecule has 2 rings (SSSR count). The summed E-state index contributed by atoms with van der Waals surface area (Å²) >= 11 is 0. The van der Waals surface area contributed by atoms with Crippen LogP contribution in [0.15, 0.2) is 18.3 Å². The van der Waals surface area contributed by atoms with Crippen molar-refractivity contribution in [2.45, 2.75) is 27.2 Å². The van der Waals surface area contributed by atoms with Crippen molar-refractivity contribution in [1.29, 1.82) is 0 Å². The Morgan fingerprint density at radius 1 is 1.44 bits per heavy atom. The van der Waals surface area contributed by atoms with Gasteiger partial charge in [-0.1, -0.05) is 26.3 Å². The van der Waals surface area contributed by atoms with Gasteiger partial charge in [0.05, 0.1) is 0 Å². The molecule has 0 aromatic carbocycles. The zero-order chi connectivity index (χ0) is 11.5. The quantitative estimate of drug-likeness (QED) is 0.857. The third-order valence-corrected chi connectivity index (χ3v) is 2.78. The molecule has 86 valence electrons. The Hall–Kier alpha value is -1.58. The molecule has 0 saturated heterocycles. The highest BCUT2D eigenvalue weighted by molar-refractivity contribution is 5.44. The topological polar surface area (TPSA) is 42.2 Å². The molecule has 0 saturated carbocycles. The van der Waals surface area contributed by atoms with Crippen LogP contribution < -0.4 is 5.32 Å². The molecule has 4 heteroatoms. The van der Waals surface area contributed by atoms with Crippen molar-refractivity contribution in [2.24, 2.45) is 5.92 Å². The molecule has 4 nitrogen and oxygen atoms in total. The summed E-state index contributed by atoms with van der Waals surface area (Å²) in [4.78, 5) is 4.40. The summed E-state index contributed by atoms with van der Waals surface area (Å²) in [6.45, 7) is 7.37. The fourth-order valence-corrected chi connectivity index (χ4v) is 1.47. The van der Waals surface area contributed by atoms with E-state index in [2.05, 4.69) is 29.2 Å². The van der Waals surface area contributed by atoms with Gasteiger partial charge >= 0.3 is 0 Å². The second kappa shape index (κ2) is 4.51. The number of hydrogen-bond donors (Lipinski definition) is 1. The number of pyridine rings is 1. The minimum Gasteiger partial charge on any atom is -0.353 e. The van der Waals surface area contributed by atoms with Gasteiger partial charge in [-0.2, -0.15) is 4.98 Å². The van der Waals surface area contributed by atoms with Gasteiger partial charge in [-0.15, -0.1) is 5.10 Å². The molecule has 2 aromatic heterocycles. The van der Waals surface area contributed by atoms with Crippen molar-refractivity contribution >= 4 is 11.6 Å². The smallest absolute Gasteiger partial charge is 0.243 e. The van der Waals surface area contributed by atoms with Crippen LogP contribution in [0.3, 0.4) is 0 Å². The van der Waals surface area contributed by atoms with E-state index in [-0.39, 0.29) is 0 Å². The number of aromatic nitrogens is 3. The van der Waals surface area contributed by atoms with Gasteiger partial charge in [-0.05, 0) is 24.5 Å². The van der Waals surface area contributed by atoms with Crippen molar-refractivity contribution in [3.05, 3.63) is 23.9 Å². The van der Waals surface area contributed by atoms with E-state index in [0.29, 0.717) is 11.9 Å². The Kier molecular flexibility index (Phi) is 3.08. The minimum absolute atomic E-state index is 0.647. The molecule has 0 fully saturated rings. The molecule has 0 aliphatic heterocycles. The molecule has 2 aromatic rings. The third-order valence-electron chi connectivity index (χ3n) is 2.78. The highest BCUT2D eigenvalue weighted by atomic mass is 15.3. The van der Waals surface area contributed by atoms with Gasteiger partial charge < -0.3 is 5.32 Å². The van der Waals surface area contributed by atoms with Crippen LogP contribution in [-0.4, -0.2) is 21.1 Å². The first-order chi connectivity index (χ1) is 7.69. The van der Waals surface area contributed by atoms with Crippen molar-refractivity contribution in [3.8, 4) is 0 Å². The molecule has 0 spiro atoms. The minimum atomic E-state index is 0.647. The van der Waals surface area contributed by atoms with Crippen LogP contribution in [0.5, 0.6) is 0 Å². The van der Waals surface area contributed by atoms with Gasteiger partial charge in [0, 0.05) is 12.7 Å². The molecule has 1 N–H and O–H groups in total. The molecular weight excluding hydrogens is 200 g/mol. The average molecular weight is 218 g/mol. The fraction of sp³-hybridized carbons (Fsp3) is 0.500. The molecule has 0 amide bonds. The fourth-order valence-electron chi connectivity index (χ4n) is 1.47. The van der Waals surface area contributed by atoms with Gasteiger partial charge in [0.1, 0.15) is 0 Å². The molecule has 1 atom stereocenters. The zero-order valence-corrected chi connectivity index (χ0v) is 10.1. The number of fused-ring (bicyclic) bond motifs is 1. The number of nitrogens with zero attached hydrogens (tertiary/aromatic N) is 3. The van der Waals surface area contributed by atoms with E-state index in [4.69, 9.17) is 0 Å². The van der Waals surface area contributed by atoms with Crippen LogP contribution in [0.25, 0.3) is 5.65 Å². The van der Waals surface area contributed by atoms with Crippen LogP contribution in [0.4, 0.5) is 5.95 Å². The van der Waals surface area contributed by atoms with Gasteiger partial charge in [0.15, 0.2) is 5.65 Å². The van der Waals surface area contributed by atoms with Crippen molar-refractivity contribution < 1.29 is 0 Å². The summed E-state index contributed by atoms with van der Waals surface area (Å²) in [6, 6.07) is 4.03. The summed E-state index contributed by atoms with van der Waals surface area (Å²) in [7, 11) is 0. The first kappa shape index (κ1) is 10.9. The Labute approximate surface area is 95.7 Å². The summed E-state index contributed by atoms with van der Waals surface area (Å²) < 4.78 is 1.81. The molecule has 0 radical (unpaired) electrons. The number of aryl methyl sites for hydroxylation is 1. The molecule has 16 heavy (non-hydrogen) atoms. The van der Waals surface area contributed by atoms with Gasteiger partial charge in [-0.3, -0.25) is 0 Å². The van der Waals surface area contributed by atoms with E-state index in [1.165, 1.54) is 12.0 Å². The van der Waals surface area contributed by atoms with E-state index in [1.54, 1.807) is 0 Å². The largest absolute Gasteiger partial charge is 0.353 e. The summed E-state index contributed by atoms with van der Waals surface area (Å²) in [5.41, 5.74) is 2.07. The number of nitrogens with one attached hydrogen (secondary N) is 1. The van der Waals surface area contributed by atoms with E-state index in [9.17, 15) is 0 Å². The first-order valence-corrected chi connectivity index (χ1v) is 5.76. The maximum Gasteiger partial charge on any atom is 0.243 e. The van der Waals surface area contributed by atoms with Crippen LogP contribution in [0.2, 0.25) is 0 Å². The lowest BCUT2D eigenvalue weighted by atomic mass is 10.1. The van der Waals surface area contributed by atoms with Gasteiger partial charge in [0.25, 0.3) is 0 Å². The molecule has 0 aliphatic rings.